The van der Waals surface area contributed by atoms with Gasteiger partial charge in [0.1, 0.15) is 5.75 Å². The predicted octanol–water partition coefficient (Wildman–Crippen LogP) is -0.123. The van der Waals surface area contributed by atoms with E-state index < -0.39 is 16.1 Å². The first-order chi connectivity index (χ1) is 12.8. The fourth-order valence-corrected chi connectivity index (χ4v) is 4.13. The molecule has 10 nitrogen and oxygen atoms in total. The van der Waals surface area contributed by atoms with Gasteiger partial charge in [0.05, 0.1) is 18.7 Å². The van der Waals surface area contributed by atoms with Crippen LogP contribution in [0, 0.1) is 5.92 Å². The van der Waals surface area contributed by atoms with Crippen molar-refractivity contribution < 1.29 is 32.3 Å². The molecule has 0 aromatic heterocycles. The van der Waals surface area contributed by atoms with Crippen LogP contribution in [0.15, 0.2) is 18.2 Å². The molecule has 0 unspecified atom stereocenters. The van der Waals surface area contributed by atoms with Crippen LogP contribution in [-0.2, 0) is 24.5 Å². The lowest BCUT2D eigenvalue weighted by Gasteiger charge is -2.29. The van der Waals surface area contributed by atoms with Gasteiger partial charge in [0.25, 0.3) is 11.8 Å². The summed E-state index contributed by atoms with van der Waals surface area (Å²) in [6.07, 6.45) is 0.655. The highest BCUT2D eigenvalue weighted by molar-refractivity contribution is 7.87. The van der Waals surface area contributed by atoms with Gasteiger partial charge >= 0.3 is 16.2 Å². The zero-order chi connectivity index (χ0) is 19.6. The van der Waals surface area contributed by atoms with E-state index in [-0.39, 0.29) is 43.1 Å². The minimum absolute atomic E-state index is 0.0814. The number of anilines is 1. The summed E-state index contributed by atoms with van der Waals surface area (Å²) < 4.78 is 37.9. The lowest BCUT2D eigenvalue weighted by molar-refractivity contribution is -0.146. The van der Waals surface area contributed by atoms with Gasteiger partial charge in [0.2, 0.25) is 0 Å². The van der Waals surface area contributed by atoms with Crippen molar-refractivity contribution in [3.63, 3.8) is 0 Å². The van der Waals surface area contributed by atoms with Crippen molar-refractivity contribution in [2.24, 2.45) is 5.92 Å². The van der Waals surface area contributed by atoms with E-state index in [1.807, 2.05) is 4.72 Å². The first-order valence-corrected chi connectivity index (χ1v) is 9.71. The molecule has 2 amide bonds. The van der Waals surface area contributed by atoms with Crippen LogP contribution in [0.25, 0.3) is 0 Å². The van der Waals surface area contributed by atoms with E-state index in [0.29, 0.717) is 24.3 Å². The summed E-state index contributed by atoms with van der Waals surface area (Å²) in [4.78, 5) is 35.1. The second-order valence-corrected chi connectivity index (χ2v) is 7.85. The number of methoxy groups -OCH3 is 1. The third-order valence-corrected chi connectivity index (χ3v) is 5.92. The Morgan fingerprint density at radius 1 is 1.30 bits per heavy atom. The molecule has 0 spiro atoms. The van der Waals surface area contributed by atoms with Crippen LogP contribution in [0.4, 0.5) is 5.69 Å². The molecule has 1 aromatic rings. The minimum atomic E-state index is -4.05. The standard InChI is InChI=1S/C16H19N3O7S/c1-25-16(22)10-4-6-19(7-5-10)27(23,24)18-15(21)11-2-3-12-13(8-11)26-9-14(20)17-12/h2-3,8,10H,4-7,9H2,1H3,(H,17,20)(H,18,21). The number of esters is 1. The van der Waals surface area contributed by atoms with E-state index in [1.165, 1.54) is 25.3 Å². The molecule has 1 saturated heterocycles. The van der Waals surface area contributed by atoms with Gasteiger partial charge < -0.3 is 14.8 Å². The number of benzene rings is 1. The topological polar surface area (TPSA) is 131 Å². The van der Waals surface area contributed by atoms with Gasteiger partial charge in [-0.2, -0.15) is 12.7 Å². The average Bonchev–Trinajstić information content (AvgIpc) is 2.66. The fourth-order valence-electron chi connectivity index (χ4n) is 2.95. The molecule has 0 saturated carbocycles. The molecule has 27 heavy (non-hydrogen) atoms. The number of amides is 2. The molecule has 1 fully saturated rings. The number of hydrogen-bond donors (Lipinski definition) is 2. The number of nitrogens with zero attached hydrogens (tertiary/aromatic N) is 1. The van der Waals surface area contributed by atoms with Crippen molar-refractivity contribution in [3.05, 3.63) is 23.8 Å². The predicted molar refractivity (Wildman–Crippen MR) is 93.3 cm³/mol. The third kappa shape index (κ3) is 4.19. The van der Waals surface area contributed by atoms with Crippen LogP contribution in [0.2, 0.25) is 0 Å². The van der Waals surface area contributed by atoms with Crippen molar-refractivity contribution in [3.8, 4) is 5.75 Å². The summed E-state index contributed by atoms with van der Waals surface area (Å²) in [6, 6.07) is 4.22. The molecule has 146 valence electrons. The molecule has 0 atom stereocenters. The van der Waals surface area contributed by atoms with Crippen LogP contribution in [0.3, 0.4) is 0 Å². The lowest BCUT2D eigenvalue weighted by atomic mass is 9.99. The van der Waals surface area contributed by atoms with E-state index in [0.717, 1.165) is 4.31 Å². The normalized spacial score (nSPS) is 18.0. The van der Waals surface area contributed by atoms with Crippen LogP contribution < -0.4 is 14.8 Å². The Hall–Kier alpha value is -2.66. The van der Waals surface area contributed by atoms with Crippen molar-refractivity contribution in [2.75, 3.05) is 32.1 Å². The van der Waals surface area contributed by atoms with Gasteiger partial charge in [0.15, 0.2) is 6.61 Å². The number of ether oxygens (including phenoxy) is 2. The van der Waals surface area contributed by atoms with E-state index >= 15 is 0 Å². The average molecular weight is 397 g/mol. The number of carbonyl (C=O) groups is 3. The van der Waals surface area contributed by atoms with E-state index in [9.17, 15) is 22.8 Å². The maximum Gasteiger partial charge on any atom is 0.308 e. The van der Waals surface area contributed by atoms with Crippen molar-refractivity contribution in [1.29, 1.82) is 0 Å². The highest BCUT2D eigenvalue weighted by Crippen LogP contribution is 2.28. The van der Waals surface area contributed by atoms with Crippen molar-refractivity contribution in [2.45, 2.75) is 12.8 Å². The second-order valence-electron chi connectivity index (χ2n) is 6.18. The molecular formula is C16H19N3O7S. The molecule has 1 aromatic carbocycles. The summed E-state index contributed by atoms with van der Waals surface area (Å²) >= 11 is 0. The quantitative estimate of drug-likeness (QED) is 0.677. The van der Waals surface area contributed by atoms with Gasteiger partial charge in [-0.15, -0.1) is 0 Å². The maximum atomic E-state index is 12.4. The number of piperidine rings is 1. The minimum Gasteiger partial charge on any atom is -0.482 e. The maximum absolute atomic E-state index is 12.4. The Kier molecular flexibility index (Phi) is 5.33. The molecule has 2 aliphatic rings. The molecule has 0 radical (unpaired) electrons. The summed E-state index contributed by atoms with van der Waals surface area (Å²) in [7, 11) is -2.75. The molecule has 11 heteroatoms. The van der Waals surface area contributed by atoms with Crippen molar-refractivity contribution in [1.82, 2.24) is 9.03 Å². The number of rotatable bonds is 4. The Bertz CT molecular complexity index is 876. The van der Waals surface area contributed by atoms with Crippen molar-refractivity contribution >= 4 is 33.7 Å². The van der Waals surface area contributed by atoms with E-state index in [4.69, 9.17) is 4.74 Å². The highest BCUT2D eigenvalue weighted by atomic mass is 32.2. The van der Waals surface area contributed by atoms with Gasteiger partial charge in [-0.05, 0) is 31.0 Å². The molecular weight excluding hydrogens is 378 g/mol. The molecule has 2 N–H and O–H groups in total. The molecule has 0 bridgehead atoms. The smallest absolute Gasteiger partial charge is 0.308 e. The Balaban J connectivity index is 1.65. The van der Waals surface area contributed by atoms with E-state index in [2.05, 4.69) is 10.1 Å². The Morgan fingerprint density at radius 2 is 2.00 bits per heavy atom. The second kappa shape index (κ2) is 7.53. The van der Waals surface area contributed by atoms with Gasteiger partial charge in [-0.25, -0.2) is 4.72 Å². The Labute approximate surface area is 156 Å². The largest absolute Gasteiger partial charge is 0.482 e. The molecule has 2 heterocycles. The molecule has 3 rings (SSSR count). The number of carbonyl (C=O) groups excluding carboxylic acids is 3. The highest BCUT2D eigenvalue weighted by Gasteiger charge is 2.32. The summed E-state index contributed by atoms with van der Waals surface area (Å²) in [6.45, 7) is 0.0505. The number of nitrogens with one attached hydrogen (secondary N) is 2. The zero-order valence-electron chi connectivity index (χ0n) is 14.6. The summed E-state index contributed by atoms with van der Waals surface area (Å²) in [5.41, 5.74) is 0.494. The van der Waals surface area contributed by atoms with Crippen LogP contribution in [0.5, 0.6) is 5.75 Å². The molecule has 2 aliphatic heterocycles. The first-order valence-electron chi connectivity index (χ1n) is 8.27. The first kappa shape index (κ1) is 19.1. The SMILES string of the molecule is COC(=O)C1CCN(S(=O)(=O)NC(=O)c2ccc3c(c2)OCC(=O)N3)CC1. The summed E-state index contributed by atoms with van der Waals surface area (Å²) in [5.74, 6) is -1.54. The van der Waals surface area contributed by atoms with Gasteiger partial charge in [-0.1, -0.05) is 0 Å². The van der Waals surface area contributed by atoms with E-state index in [1.54, 1.807) is 0 Å². The number of fused-ring (bicyclic) bond motifs is 1. The van der Waals surface area contributed by atoms with Gasteiger partial charge in [-0.3, -0.25) is 14.4 Å². The monoisotopic (exact) mass is 397 g/mol. The number of hydrogen-bond acceptors (Lipinski definition) is 7. The Morgan fingerprint density at radius 3 is 2.67 bits per heavy atom. The third-order valence-electron chi connectivity index (χ3n) is 4.43. The van der Waals surface area contributed by atoms with Crippen LogP contribution in [0.1, 0.15) is 23.2 Å². The lowest BCUT2D eigenvalue weighted by Crippen LogP contribution is -2.47. The van der Waals surface area contributed by atoms with Crippen LogP contribution >= 0.6 is 0 Å². The molecule has 0 aliphatic carbocycles. The van der Waals surface area contributed by atoms with Crippen LogP contribution in [-0.4, -0.2) is 57.3 Å². The summed E-state index contributed by atoms with van der Waals surface area (Å²) in [5, 5.41) is 2.58. The fraction of sp³-hybridized carbons (Fsp3) is 0.438. The zero-order valence-corrected chi connectivity index (χ0v) is 15.4. The van der Waals surface area contributed by atoms with Gasteiger partial charge in [0, 0.05) is 18.7 Å².